The molecule has 0 aliphatic heterocycles. The van der Waals surface area contributed by atoms with Gasteiger partial charge in [-0.05, 0) is 12.1 Å². The first-order chi connectivity index (χ1) is 9.72. The smallest absolute Gasteiger partial charge is 0.259 e. The zero-order valence-electron chi connectivity index (χ0n) is 11.2. The maximum absolute atomic E-state index is 12.2. The first kappa shape index (κ1) is 17.1. The third kappa shape index (κ3) is 4.02. The largest absolute Gasteiger partial charge is 0.496 e. The Morgan fingerprint density at radius 3 is 2.38 bits per heavy atom. The molecule has 0 radical (unpaired) electrons. The fourth-order valence-electron chi connectivity index (χ4n) is 1.62. The Morgan fingerprint density at radius 1 is 1.33 bits per heavy atom. The van der Waals surface area contributed by atoms with Crippen LogP contribution >= 0.6 is 0 Å². The molecule has 0 aliphatic carbocycles. The molecule has 21 heavy (non-hydrogen) atoms. The predicted molar refractivity (Wildman–Crippen MR) is 69.3 cm³/mol. The van der Waals surface area contributed by atoms with Crippen molar-refractivity contribution in [1.82, 2.24) is 5.32 Å². The van der Waals surface area contributed by atoms with Crippen LogP contribution in [0.25, 0.3) is 0 Å². The Balaban J connectivity index is 3.42. The zero-order chi connectivity index (χ0) is 16.2. The highest BCUT2D eigenvalue weighted by molar-refractivity contribution is 7.89. The van der Waals surface area contributed by atoms with Crippen LogP contribution in [0.1, 0.15) is 10.4 Å². The number of nitrogens with two attached hydrogens (primary N) is 1. The summed E-state index contributed by atoms with van der Waals surface area (Å²) in [4.78, 5) is 11.5. The van der Waals surface area contributed by atoms with Crippen molar-refractivity contribution >= 4 is 15.9 Å². The number of methoxy groups -OCH3 is 2. The van der Waals surface area contributed by atoms with Crippen molar-refractivity contribution in [3.63, 3.8) is 0 Å². The molecule has 3 N–H and O–H groups in total. The van der Waals surface area contributed by atoms with E-state index in [9.17, 15) is 22.0 Å². The van der Waals surface area contributed by atoms with Crippen LogP contribution in [0, 0.1) is 0 Å². The van der Waals surface area contributed by atoms with Gasteiger partial charge in [0.1, 0.15) is 16.2 Å². The number of ether oxygens (including phenoxy) is 2. The van der Waals surface area contributed by atoms with Gasteiger partial charge in [-0.25, -0.2) is 22.3 Å². The van der Waals surface area contributed by atoms with E-state index in [-0.39, 0.29) is 17.1 Å². The maximum atomic E-state index is 12.2. The highest BCUT2D eigenvalue weighted by Crippen LogP contribution is 2.34. The van der Waals surface area contributed by atoms with E-state index >= 15 is 0 Å². The van der Waals surface area contributed by atoms with Crippen LogP contribution < -0.4 is 19.9 Å². The van der Waals surface area contributed by atoms with Gasteiger partial charge >= 0.3 is 0 Å². The first-order valence-corrected chi connectivity index (χ1v) is 7.11. The van der Waals surface area contributed by atoms with Crippen molar-refractivity contribution in [2.45, 2.75) is 11.3 Å². The number of carbonyl (C=O) groups excluding carboxylic acids is 1. The average Bonchev–Trinajstić information content (AvgIpc) is 2.41. The fraction of sp³-hybridized carbons (Fsp3) is 0.364. The second-order valence-corrected chi connectivity index (χ2v) is 5.35. The number of benzene rings is 1. The van der Waals surface area contributed by atoms with Gasteiger partial charge < -0.3 is 14.8 Å². The van der Waals surface area contributed by atoms with Crippen LogP contribution in [0.5, 0.6) is 11.5 Å². The molecule has 1 aromatic carbocycles. The van der Waals surface area contributed by atoms with Crippen LogP contribution in [0.2, 0.25) is 0 Å². The third-order valence-corrected chi connectivity index (χ3v) is 3.39. The number of amides is 1. The van der Waals surface area contributed by atoms with Crippen LogP contribution in [0.3, 0.4) is 0 Å². The molecule has 1 aromatic rings. The van der Waals surface area contributed by atoms with Crippen LogP contribution in [-0.4, -0.2) is 41.5 Å². The van der Waals surface area contributed by atoms with Crippen LogP contribution in [-0.2, 0) is 10.0 Å². The number of hydrogen-bond acceptors (Lipinski definition) is 5. The molecule has 10 heteroatoms. The minimum Gasteiger partial charge on any atom is -0.496 e. The Kier molecular flexibility index (Phi) is 5.44. The number of carbonyl (C=O) groups is 1. The standard InChI is InChI=1S/C11H14F2N2O5S/c1-19-6-3-4-7(21(14,17)18)10(20-2)9(6)11(16)15-5-8(12)13/h3-4,8H,5H2,1-2H3,(H,15,16)(H2,14,17,18). The summed E-state index contributed by atoms with van der Waals surface area (Å²) in [5.41, 5.74) is -0.327. The quantitative estimate of drug-likeness (QED) is 0.785. The van der Waals surface area contributed by atoms with E-state index in [1.807, 2.05) is 5.32 Å². The van der Waals surface area contributed by atoms with E-state index in [1.54, 1.807) is 0 Å². The van der Waals surface area contributed by atoms with Crippen molar-refractivity contribution in [1.29, 1.82) is 0 Å². The van der Waals surface area contributed by atoms with Gasteiger partial charge in [0, 0.05) is 0 Å². The van der Waals surface area contributed by atoms with Gasteiger partial charge in [-0.2, -0.15) is 0 Å². The molecule has 0 aromatic heterocycles. The van der Waals surface area contributed by atoms with E-state index in [0.717, 1.165) is 13.2 Å². The highest BCUT2D eigenvalue weighted by Gasteiger charge is 2.26. The summed E-state index contributed by atoms with van der Waals surface area (Å²) in [7, 11) is -1.82. The molecule has 0 spiro atoms. The lowest BCUT2D eigenvalue weighted by atomic mass is 10.1. The van der Waals surface area contributed by atoms with Crippen molar-refractivity contribution in [2.24, 2.45) is 5.14 Å². The van der Waals surface area contributed by atoms with Gasteiger partial charge in [0.2, 0.25) is 10.0 Å². The van der Waals surface area contributed by atoms with E-state index in [0.29, 0.717) is 0 Å². The molecule has 0 aliphatic rings. The fourth-order valence-corrected chi connectivity index (χ4v) is 2.32. The normalized spacial score (nSPS) is 11.3. The molecular formula is C11H14F2N2O5S. The third-order valence-electron chi connectivity index (χ3n) is 2.46. The van der Waals surface area contributed by atoms with Crippen LogP contribution in [0.4, 0.5) is 8.78 Å². The molecular weight excluding hydrogens is 310 g/mol. The average molecular weight is 324 g/mol. The molecule has 1 rings (SSSR count). The molecule has 0 fully saturated rings. The summed E-state index contributed by atoms with van der Waals surface area (Å²) in [6, 6.07) is 2.27. The molecule has 0 saturated carbocycles. The molecule has 7 nitrogen and oxygen atoms in total. The number of sulfonamides is 1. The minimum atomic E-state index is -4.17. The monoisotopic (exact) mass is 324 g/mol. The van der Waals surface area contributed by atoms with Crippen molar-refractivity contribution in [3.8, 4) is 11.5 Å². The van der Waals surface area contributed by atoms with Gasteiger partial charge in [-0.3, -0.25) is 4.79 Å². The maximum Gasteiger partial charge on any atom is 0.259 e. The number of primary sulfonamides is 1. The first-order valence-electron chi connectivity index (χ1n) is 5.56. The number of alkyl halides is 2. The van der Waals surface area contributed by atoms with Gasteiger partial charge in [0.05, 0.1) is 20.8 Å². The second kappa shape index (κ2) is 6.68. The summed E-state index contributed by atoms with van der Waals surface area (Å²) in [6.07, 6.45) is -2.76. The SMILES string of the molecule is COc1ccc(S(N)(=O)=O)c(OC)c1C(=O)NCC(F)F. The summed E-state index contributed by atoms with van der Waals surface area (Å²) < 4.78 is 57.0. The van der Waals surface area contributed by atoms with E-state index in [4.69, 9.17) is 14.6 Å². The van der Waals surface area contributed by atoms with Gasteiger partial charge in [-0.1, -0.05) is 0 Å². The number of rotatable bonds is 6. The Hall–Kier alpha value is -1.94. The molecule has 118 valence electrons. The second-order valence-electron chi connectivity index (χ2n) is 3.82. The lowest BCUT2D eigenvalue weighted by Gasteiger charge is -2.15. The molecule has 0 atom stereocenters. The molecule has 0 bridgehead atoms. The molecule has 1 amide bonds. The molecule has 0 heterocycles. The summed E-state index contributed by atoms with van der Waals surface area (Å²) in [5.74, 6) is -1.37. The zero-order valence-corrected chi connectivity index (χ0v) is 12.0. The number of hydrogen-bond donors (Lipinski definition) is 2. The predicted octanol–water partition coefficient (Wildman–Crippen LogP) is 0.346. The van der Waals surface area contributed by atoms with Gasteiger partial charge in [-0.15, -0.1) is 0 Å². The lowest BCUT2D eigenvalue weighted by molar-refractivity contribution is 0.0885. The minimum absolute atomic E-state index is 0.0361. The Labute approximate surface area is 120 Å². The molecule has 0 unspecified atom stereocenters. The number of halogens is 2. The molecule has 0 saturated heterocycles. The lowest BCUT2D eigenvalue weighted by Crippen LogP contribution is -2.29. The van der Waals surface area contributed by atoms with Crippen molar-refractivity contribution < 1.29 is 31.5 Å². The summed E-state index contributed by atoms with van der Waals surface area (Å²) >= 11 is 0. The van der Waals surface area contributed by atoms with E-state index < -0.39 is 33.8 Å². The topological polar surface area (TPSA) is 108 Å². The summed E-state index contributed by atoms with van der Waals surface area (Å²) in [5, 5.41) is 6.96. The Bertz CT molecular complexity index is 634. The van der Waals surface area contributed by atoms with Gasteiger partial charge in [0.15, 0.2) is 5.75 Å². The highest BCUT2D eigenvalue weighted by atomic mass is 32.2. The Morgan fingerprint density at radius 2 is 1.95 bits per heavy atom. The van der Waals surface area contributed by atoms with Crippen molar-refractivity contribution in [2.75, 3.05) is 20.8 Å². The van der Waals surface area contributed by atoms with E-state index in [1.165, 1.54) is 13.2 Å². The summed E-state index contributed by atoms with van der Waals surface area (Å²) in [6.45, 7) is -0.898. The van der Waals surface area contributed by atoms with Crippen LogP contribution in [0.15, 0.2) is 17.0 Å². The van der Waals surface area contributed by atoms with E-state index in [2.05, 4.69) is 0 Å². The van der Waals surface area contributed by atoms with Gasteiger partial charge in [0.25, 0.3) is 12.3 Å². The van der Waals surface area contributed by atoms with Crippen molar-refractivity contribution in [3.05, 3.63) is 17.7 Å². The number of nitrogens with one attached hydrogen (secondary N) is 1.